The molecule has 0 aliphatic rings. The van der Waals surface area contributed by atoms with Gasteiger partial charge in [-0.05, 0) is 130 Å². The molecule has 0 saturated heterocycles. The maximum atomic E-state index is 11.8. The molecule has 0 saturated carbocycles. The number of phenolic OH excluding ortho intramolecular Hbond substituents is 1. The van der Waals surface area contributed by atoms with Gasteiger partial charge in [0.1, 0.15) is 11.6 Å². The molecule has 0 fully saturated rings. The fourth-order valence-electron chi connectivity index (χ4n) is 8.87. The first-order valence-corrected chi connectivity index (χ1v) is 22.1. The molecule has 7 aromatic carbocycles. The minimum absolute atomic E-state index is 0.0251. The Morgan fingerprint density at radius 3 is 1.79 bits per heavy atom. The van der Waals surface area contributed by atoms with Gasteiger partial charge in [-0.1, -0.05) is 140 Å². The number of imidazole rings is 1. The van der Waals surface area contributed by atoms with Crippen LogP contribution in [0, 0.1) is 6.92 Å². The van der Waals surface area contributed by atoms with Crippen molar-refractivity contribution in [3.05, 3.63) is 186 Å². The number of benzene rings is 7. The molecule has 0 aliphatic carbocycles. The standard InChI is InChI=1S/C58H56N4O/c1-37(2)47-29-30-59-54-48(21-16-22-49(47)54)39-31-38(3)32-40(33-39)50-35-46(61(43-17-12-10-13-18-43)44-19-14-11-15-20-44)36-52-55(50)60-56(51-34-42(58(7,8)9)25-28-53(51)63)62(52)45-26-23-41(24-27-45)57(4,5)6/h10-37,63H,1-9H3. The van der Waals surface area contributed by atoms with Gasteiger partial charge in [0.05, 0.1) is 22.1 Å². The molecule has 0 aliphatic heterocycles. The van der Waals surface area contributed by atoms with Crippen LogP contribution < -0.4 is 4.90 Å². The number of para-hydroxylation sites is 3. The van der Waals surface area contributed by atoms with Crippen LogP contribution in [0.5, 0.6) is 5.75 Å². The molecular formula is C58H56N4O. The number of nitrogens with zero attached hydrogens (tertiary/aromatic N) is 4. The zero-order valence-corrected chi connectivity index (χ0v) is 37.9. The minimum atomic E-state index is -0.151. The van der Waals surface area contributed by atoms with Gasteiger partial charge in [0.15, 0.2) is 0 Å². The fraction of sp³-hybridized carbons (Fsp3) is 0.207. The molecule has 2 heterocycles. The lowest BCUT2D eigenvalue weighted by atomic mass is 9.86. The van der Waals surface area contributed by atoms with Crippen molar-refractivity contribution in [1.82, 2.24) is 14.5 Å². The van der Waals surface area contributed by atoms with Crippen LogP contribution >= 0.6 is 0 Å². The Hall–Kier alpha value is -6.98. The van der Waals surface area contributed by atoms with E-state index >= 15 is 0 Å². The minimum Gasteiger partial charge on any atom is -0.507 e. The average Bonchev–Trinajstić information content (AvgIpc) is 3.65. The summed E-state index contributed by atoms with van der Waals surface area (Å²) in [5, 5.41) is 13.0. The van der Waals surface area contributed by atoms with Gasteiger partial charge in [0.2, 0.25) is 0 Å². The normalized spacial score (nSPS) is 12.1. The summed E-state index contributed by atoms with van der Waals surface area (Å²) in [6.45, 7) is 20.0. The summed E-state index contributed by atoms with van der Waals surface area (Å²) in [5.74, 6) is 1.23. The first kappa shape index (κ1) is 41.4. The Bertz CT molecular complexity index is 3070. The lowest BCUT2D eigenvalue weighted by molar-refractivity contribution is 0.475. The van der Waals surface area contributed by atoms with E-state index in [4.69, 9.17) is 9.97 Å². The molecule has 63 heavy (non-hydrogen) atoms. The Balaban J connectivity index is 1.40. The summed E-state index contributed by atoms with van der Waals surface area (Å²) in [7, 11) is 0. The number of anilines is 3. The molecule has 0 amide bonds. The van der Waals surface area contributed by atoms with Crippen LogP contribution in [-0.2, 0) is 10.8 Å². The van der Waals surface area contributed by atoms with Crippen molar-refractivity contribution >= 4 is 39.0 Å². The predicted octanol–water partition coefficient (Wildman–Crippen LogP) is 15.8. The van der Waals surface area contributed by atoms with Gasteiger partial charge in [-0.2, -0.15) is 0 Å². The van der Waals surface area contributed by atoms with Crippen molar-refractivity contribution in [1.29, 1.82) is 0 Å². The first-order valence-electron chi connectivity index (χ1n) is 22.1. The van der Waals surface area contributed by atoms with Crippen LogP contribution in [0.15, 0.2) is 164 Å². The molecular weight excluding hydrogens is 769 g/mol. The monoisotopic (exact) mass is 824 g/mol. The number of aromatic nitrogens is 3. The highest BCUT2D eigenvalue weighted by atomic mass is 16.3. The Labute approximate surface area is 372 Å². The second kappa shape index (κ2) is 16.0. The molecule has 314 valence electrons. The van der Waals surface area contributed by atoms with Crippen molar-refractivity contribution in [3.8, 4) is 45.1 Å². The lowest BCUT2D eigenvalue weighted by Crippen LogP contribution is -2.12. The molecule has 0 unspecified atom stereocenters. The zero-order valence-electron chi connectivity index (χ0n) is 37.9. The van der Waals surface area contributed by atoms with Gasteiger partial charge in [-0.3, -0.25) is 9.55 Å². The molecule has 0 atom stereocenters. The van der Waals surface area contributed by atoms with Crippen LogP contribution in [-0.4, -0.2) is 19.6 Å². The number of rotatable bonds is 8. The summed E-state index contributed by atoms with van der Waals surface area (Å²) < 4.78 is 2.24. The van der Waals surface area contributed by atoms with E-state index in [-0.39, 0.29) is 16.6 Å². The summed E-state index contributed by atoms with van der Waals surface area (Å²) in [4.78, 5) is 12.9. The third kappa shape index (κ3) is 7.89. The highest BCUT2D eigenvalue weighted by Gasteiger charge is 2.26. The number of phenols is 1. The van der Waals surface area contributed by atoms with Gasteiger partial charge in [0.25, 0.3) is 0 Å². The predicted molar refractivity (Wildman–Crippen MR) is 265 cm³/mol. The maximum Gasteiger partial charge on any atom is 0.149 e. The number of pyridine rings is 1. The Kier molecular flexibility index (Phi) is 10.5. The highest BCUT2D eigenvalue weighted by Crippen LogP contribution is 2.45. The SMILES string of the molecule is Cc1cc(-c2cccc3c(C(C)C)ccnc23)cc(-c2cc(N(c3ccccc3)c3ccccc3)cc3c2nc(-c2cc(C(C)(C)C)ccc2O)n3-c2ccc(C(C)(C)C)cc2)c1. The van der Waals surface area contributed by atoms with E-state index in [2.05, 4.69) is 217 Å². The zero-order chi connectivity index (χ0) is 44.2. The smallest absolute Gasteiger partial charge is 0.149 e. The van der Waals surface area contributed by atoms with E-state index in [0.29, 0.717) is 17.3 Å². The second-order valence-corrected chi connectivity index (χ2v) is 19.3. The molecule has 5 nitrogen and oxygen atoms in total. The van der Waals surface area contributed by atoms with Gasteiger partial charge in [-0.25, -0.2) is 4.98 Å². The first-order chi connectivity index (χ1) is 30.2. The molecule has 0 radical (unpaired) electrons. The van der Waals surface area contributed by atoms with Crippen molar-refractivity contribution < 1.29 is 5.11 Å². The van der Waals surface area contributed by atoms with E-state index in [1.54, 1.807) is 0 Å². The maximum absolute atomic E-state index is 11.8. The van der Waals surface area contributed by atoms with Crippen molar-refractivity contribution in [2.75, 3.05) is 4.90 Å². The Morgan fingerprint density at radius 1 is 0.556 bits per heavy atom. The van der Waals surface area contributed by atoms with Crippen LogP contribution in [0.1, 0.15) is 83.6 Å². The topological polar surface area (TPSA) is 54.2 Å². The van der Waals surface area contributed by atoms with Crippen LogP contribution in [0.25, 0.3) is 61.3 Å². The molecule has 9 rings (SSSR count). The van der Waals surface area contributed by atoms with Crippen LogP contribution in [0.3, 0.4) is 0 Å². The van der Waals surface area contributed by atoms with Crippen molar-refractivity contribution in [2.24, 2.45) is 0 Å². The fourth-order valence-corrected chi connectivity index (χ4v) is 8.87. The number of fused-ring (bicyclic) bond motifs is 2. The molecule has 0 spiro atoms. The molecule has 2 aromatic heterocycles. The average molecular weight is 825 g/mol. The van der Waals surface area contributed by atoms with Crippen LogP contribution in [0.2, 0.25) is 0 Å². The summed E-state index contributed by atoms with van der Waals surface area (Å²) in [6, 6.07) is 55.9. The highest BCUT2D eigenvalue weighted by molar-refractivity contribution is 6.02. The largest absolute Gasteiger partial charge is 0.507 e. The molecule has 5 heteroatoms. The van der Waals surface area contributed by atoms with Crippen molar-refractivity contribution in [2.45, 2.75) is 79.1 Å². The van der Waals surface area contributed by atoms with E-state index < -0.39 is 0 Å². The van der Waals surface area contributed by atoms with Crippen LogP contribution in [0.4, 0.5) is 17.1 Å². The third-order valence-electron chi connectivity index (χ3n) is 12.3. The van der Waals surface area contributed by atoms with E-state index in [1.165, 1.54) is 16.5 Å². The summed E-state index contributed by atoms with van der Waals surface area (Å²) in [5.41, 5.74) is 16.3. The van der Waals surface area contributed by atoms with E-state index in [9.17, 15) is 5.11 Å². The van der Waals surface area contributed by atoms with E-state index in [0.717, 1.165) is 72.7 Å². The van der Waals surface area contributed by atoms with Crippen molar-refractivity contribution in [3.63, 3.8) is 0 Å². The third-order valence-corrected chi connectivity index (χ3v) is 12.3. The van der Waals surface area contributed by atoms with Gasteiger partial charge in [0, 0.05) is 45.5 Å². The molecule has 9 aromatic rings. The quantitative estimate of drug-likeness (QED) is 0.166. The van der Waals surface area contributed by atoms with E-state index in [1.807, 2.05) is 18.3 Å². The number of aryl methyl sites for hydroxylation is 1. The van der Waals surface area contributed by atoms with Gasteiger partial charge >= 0.3 is 0 Å². The Morgan fingerprint density at radius 2 is 1.17 bits per heavy atom. The summed E-state index contributed by atoms with van der Waals surface area (Å²) >= 11 is 0. The molecule has 0 bridgehead atoms. The lowest BCUT2D eigenvalue weighted by Gasteiger charge is -2.26. The molecule has 1 N–H and O–H groups in total. The number of aromatic hydroxyl groups is 1. The van der Waals surface area contributed by atoms with Gasteiger partial charge in [-0.15, -0.1) is 0 Å². The number of hydrogen-bond donors (Lipinski definition) is 1. The van der Waals surface area contributed by atoms with Gasteiger partial charge < -0.3 is 10.0 Å². The second-order valence-electron chi connectivity index (χ2n) is 19.3. The number of hydrogen-bond acceptors (Lipinski definition) is 4. The summed E-state index contributed by atoms with van der Waals surface area (Å²) in [6.07, 6.45) is 1.94.